The largest absolute Gasteiger partial charge is 0.500 e. The van der Waals surface area contributed by atoms with Crippen LogP contribution in [-0.4, -0.2) is 60.3 Å². The van der Waals surface area contributed by atoms with Crippen LogP contribution in [0.1, 0.15) is 19.8 Å². The van der Waals surface area contributed by atoms with Gasteiger partial charge in [0, 0.05) is 54.7 Å². The molecule has 25 heavy (non-hydrogen) atoms. The van der Waals surface area contributed by atoms with Gasteiger partial charge in [-0.25, -0.2) is 0 Å². The van der Waals surface area contributed by atoms with Crippen LogP contribution in [0.2, 0.25) is 12.1 Å². The van der Waals surface area contributed by atoms with Gasteiger partial charge in [-0.05, 0) is 24.7 Å². The van der Waals surface area contributed by atoms with Crippen LogP contribution in [0.15, 0.2) is 23.8 Å². The molecule has 146 valence electrons. The molecule has 0 aromatic heterocycles. The van der Waals surface area contributed by atoms with Crippen molar-refractivity contribution in [3.63, 3.8) is 0 Å². The fraction of sp³-hybridized carbons (Fsp3) is 0.765. The average molecular weight is 391 g/mol. The zero-order valence-corrected chi connectivity index (χ0v) is 18.7. The molecule has 0 spiro atoms. The Morgan fingerprint density at radius 3 is 1.72 bits per heavy atom. The van der Waals surface area contributed by atoms with Crippen LogP contribution in [0.25, 0.3) is 0 Å². The molecule has 0 fully saturated rings. The summed E-state index contributed by atoms with van der Waals surface area (Å²) in [5.41, 5.74) is 1.31. The van der Waals surface area contributed by atoms with E-state index < -0.39 is 17.6 Å². The summed E-state index contributed by atoms with van der Waals surface area (Å²) < 4.78 is 33.0. The standard InChI is InChI=1S/C17H34O6Si2/c1-15-14-16(10-12-24(18-2,19-3)20-4)8-9-17(15)11-13-25(21-5,22-6)23-7/h8-9,14-15,17H,10-13H2,1-7H3. The van der Waals surface area contributed by atoms with Crippen LogP contribution in [0.5, 0.6) is 0 Å². The Hall–Kier alpha value is -0.326. The van der Waals surface area contributed by atoms with Gasteiger partial charge < -0.3 is 26.6 Å². The maximum absolute atomic E-state index is 5.51. The second kappa shape index (κ2) is 10.7. The average Bonchev–Trinajstić information content (AvgIpc) is 2.66. The Morgan fingerprint density at radius 2 is 1.28 bits per heavy atom. The highest BCUT2D eigenvalue weighted by Gasteiger charge is 2.39. The van der Waals surface area contributed by atoms with Crippen molar-refractivity contribution in [3.05, 3.63) is 23.8 Å². The molecule has 6 nitrogen and oxygen atoms in total. The van der Waals surface area contributed by atoms with Crippen LogP contribution >= 0.6 is 0 Å². The first-order valence-corrected chi connectivity index (χ1v) is 12.5. The number of rotatable bonds is 12. The van der Waals surface area contributed by atoms with Gasteiger partial charge in [-0.2, -0.15) is 0 Å². The quantitative estimate of drug-likeness (QED) is 0.477. The highest BCUT2D eigenvalue weighted by Crippen LogP contribution is 2.32. The second-order valence-electron chi connectivity index (χ2n) is 6.25. The minimum Gasteiger partial charge on any atom is -0.377 e. The van der Waals surface area contributed by atoms with Gasteiger partial charge in [0.2, 0.25) is 0 Å². The lowest BCUT2D eigenvalue weighted by Crippen LogP contribution is -2.43. The van der Waals surface area contributed by atoms with Gasteiger partial charge >= 0.3 is 17.6 Å². The maximum Gasteiger partial charge on any atom is 0.500 e. The van der Waals surface area contributed by atoms with Gasteiger partial charge in [-0.1, -0.05) is 30.7 Å². The molecule has 8 heteroatoms. The zero-order chi connectivity index (χ0) is 18.9. The third-order valence-corrected chi connectivity index (χ3v) is 10.6. The summed E-state index contributed by atoms with van der Waals surface area (Å²) in [7, 11) is 4.93. The smallest absolute Gasteiger partial charge is 0.377 e. The molecule has 0 aromatic carbocycles. The summed E-state index contributed by atoms with van der Waals surface area (Å²) in [4.78, 5) is 0. The van der Waals surface area contributed by atoms with Crippen molar-refractivity contribution in [1.82, 2.24) is 0 Å². The van der Waals surface area contributed by atoms with Crippen molar-refractivity contribution < 1.29 is 26.6 Å². The van der Waals surface area contributed by atoms with E-state index in [1.807, 2.05) is 0 Å². The molecule has 1 rings (SSSR count). The van der Waals surface area contributed by atoms with E-state index in [9.17, 15) is 0 Å². The predicted octanol–water partition coefficient (Wildman–Crippen LogP) is 3.27. The number of hydrogen-bond acceptors (Lipinski definition) is 6. The summed E-state index contributed by atoms with van der Waals surface area (Å²) in [6.07, 6.45) is 8.70. The van der Waals surface area contributed by atoms with Crippen LogP contribution in [0, 0.1) is 11.8 Å². The molecule has 1 aliphatic rings. The first-order chi connectivity index (χ1) is 11.9. The molecule has 0 bridgehead atoms. The van der Waals surface area contributed by atoms with E-state index in [0.717, 1.165) is 24.9 Å². The van der Waals surface area contributed by atoms with E-state index in [-0.39, 0.29) is 0 Å². The molecule has 1 aliphatic carbocycles. The lowest BCUT2D eigenvalue weighted by molar-refractivity contribution is 0.121. The lowest BCUT2D eigenvalue weighted by Gasteiger charge is -2.29. The maximum atomic E-state index is 5.51. The van der Waals surface area contributed by atoms with Crippen LogP contribution in [0.3, 0.4) is 0 Å². The van der Waals surface area contributed by atoms with Gasteiger partial charge in [-0.15, -0.1) is 0 Å². The van der Waals surface area contributed by atoms with E-state index in [1.54, 1.807) is 42.7 Å². The third kappa shape index (κ3) is 6.11. The molecule has 0 aromatic rings. The normalized spacial score (nSPS) is 21.5. The minimum atomic E-state index is -2.51. The van der Waals surface area contributed by atoms with E-state index in [4.69, 9.17) is 26.6 Å². The Balaban J connectivity index is 2.59. The van der Waals surface area contributed by atoms with Crippen molar-refractivity contribution in [3.8, 4) is 0 Å². The van der Waals surface area contributed by atoms with E-state index in [0.29, 0.717) is 11.8 Å². The fourth-order valence-corrected chi connectivity index (χ4v) is 6.72. The van der Waals surface area contributed by atoms with Crippen molar-refractivity contribution in [2.24, 2.45) is 11.8 Å². The summed E-state index contributed by atoms with van der Waals surface area (Å²) >= 11 is 0. The summed E-state index contributed by atoms with van der Waals surface area (Å²) in [6.45, 7) is 2.25. The first-order valence-electron chi connectivity index (χ1n) is 8.63. The summed E-state index contributed by atoms with van der Waals surface area (Å²) in [6, 6.07) is 1.59. The van der Waals surface area contributed by atoms with E-state index >= 15 is 0 Å². The van der Waals surface area contributed by atoms with Gasteiger partial charge in [0.15, 0.2) is 0 Å². The van der Waals surface area contributed by atoms with Crippen molar-refractivity contribution >= 4 is 17.6 Å². The Morgan fingerprint density at radius 1 is 0.800 bits per heavy atom. The Bertz CT molecular complexity index is 430. The summed E-state index contributed by atoms with van der Waals surface area (Å²) in [5, 5.41) is 0. The second-order valence-corrected chi connectivity index (χ2v) is 12.4. The molecule has 2 unspecified atom stereocenters. The number of hydrogen-bond donors (Lipinski definition) is 0. The molecular formula is C17H34O6Si2. The van der Waals surface area contributed by atoms with Crippen LogP contribution in [-0.2, 0) is 26.6 Å². The molecule has 0 saturated carbocycles. The van der Waals surface area contributed by atoms with E-state index in [2.05, 4.69) is 25.2 Å². The van der Waals surface area contributed by atoms with E-state index in [1.165, 1.54) is 5.57 Å². The third-order valence-electron chi connectivity index (χ3n) is 5.08. The van der Waals surface area contributed by atoms with Gasteiger partial charge in [-0.3, -0.25) is 0 Å². The Labute approximate surface area is 154 Å². The summed E-state index contributed by atoms with van der Waals surface area (Å²) in [5.74, 6) is 0.923. The monoisotopic (exact) mass is 390 g/mol. The van der Waals surface area contributed by atoms with Gasteiger partial charge in [0.25, 0.3) is 0 Å². The lowest BCUT2D eigenvalue weighted by atomic mass is 9.85. The highest BCUT2D eigenvalue weighted by molar-refractivity contribution is 6.60. The molecule has 0 radical (unpaired) electrons. The van der Waals surface area contributed by atoms with Crippen molar-refractivity contribution in [2.45, 2.75) is 31.9 Å². The molecule has 0 N–H and O–H groups in total. The van der Waals surface area contributed by atoms with Crippen molar-refractivity contribution in [2.75, 3.05) is 42.7 Å². The molecule has 0 amide bonds. The first kappa shape index (κ1) is 22.7. The van der Waals surface area contributed by atoms with Crippen molar-refractivity contribution in [1.29, 1.82) is 0 Å². The SMILES string of the molecule is CO[Si](CCC1=CC(C)C(CC[Si](OC)(OC)OC)C=C1)(OC)OC. The highest BCUT2D eigenvalue weighted by atomic mass is 28.4. The topological polar surface area (TPSA) is 55.4 Å². The predicted molar refractivity (Wildman–Crippen MR) is 102 cm³/mol. The molecular weight excluding hydrogens is 356 g/mol. The molecule has 0 saturated heterocycles. The molecule has 0 heterocycles. The van der Waals surface area contributed by atoms with Gasteiger partial charge in [0.05, 0.1) is 0 Å². The van der Waals surface area contributed by atoms with Gasteiger partial charge in [0.1, 0.15) is 0 Å². The molecule has 0 aliphatic heterocycles. The van der Waals surface area contributed by atoms with Crippen LogP contribution < -0.4 is 0 Å². The Kier molecular flexibility index (Phi) is 9.75. The fourth-order valence-electron chi connectivity index (χ4n) is 3.22. The zero-order valence-electron chi connectivity index (χ0n) is 16.7. The van der Waals surface area contributed by atoms with Crippen LogP contribution in [0.4, 0.5) is 0 Å². The molecule has 2 atom stereocenters. The number of allylic oxidation sites excluding steroid dienone is 4. The minimum absolute atomic E-state index is 0.459.